The van der Waals surface area contributed by atoms with Gasteiger partial charge in [-0.25, -0.2) is 9.07 Å². The van der Waals surface area contributed by atoms with Crippen LogP contribution in [0.25, 0.3) is 0 Å². The molecular weight excluding hydrogens is 381 g/mol. The second-order valence-corrected chi connectivity index (χ2v) is 7.78. The molecule has 0 aliphatic heterocycles. The smallest absolute Gasteiger partial charge is 0.237 e. The van der Waals surface area contributed by atoms with Crippen LogP contribution in [0.2, 0.25) is 0 Å². The largest absolute Gasteiger partial charge is 0.457 e. The number of hydrogen-bond donors (Lipinski definition) is 1. The first kappa shape index (κ1) is 18.4. The molecule has 2 aromatic carbocycles. The Bertz CT molecular complexity index is 974. The van der Waals surface area contributed by atoms with Crippen LogP contribution in [0.1, 0.15) is 25.8 Å². The molecule has 1 saturated carbocycles. The quantitative estimate of drug-likeness (QED) is 0.604. The summed E-state index contributed by atoms with van der Waals surface area (Å²) in [6.07, 6.45) is 2.15. The molecule has 0 spiro atoms. The topological polar surface area (TPSA) is 81.9 Å². The van der Waals surface area contributed by atoms with Crippen LogP contribution in [0.4, 0.5) is 10.1 Å². The van der Waals surface area contributed by atoms with Crippen molar-refractivity contribution in [1.82, 2.24) is 20.2 Å². The van der Waals surface area contributed by atoms with Crippen molar-refractivity contribution in [1.29, 1.82) is 0 Å². The van der Waals surface area contributed by atoms with Crippen LogP contribution in [-0.4, -0.2) is 31.4 Å². The highest BCUT2D eigenvalue weighted by atomic mass is 32.2. The molecule has 1 fully saturated rings. The molecule has 7 nitrogen and oxygen atoms in total. The summed E-state index contributed by atoms with van der Waals surface area (Å²) in [5, 5.41) is 14.9. The average Bonchev–Trinajstić information content (AvgIpc) is 3.42. The van der Waals surface area contributed by atoms with Gasteiger partial charge >= 0.3 is 0 Å². The van der Waals surface area contributed by atoms with E-state index in [0.717, 1.165) is 12.8 Å². The fourth-order valence-corrected chi connectivity index (χ4v) is 3.40. The zero-order chi connectivity index (χ0) is 19.5. The number of tetrazole rings is 1. The van der Waals surface area contributed by atoms with Gasteiger partial charge in [-0.2, -0.15) is 0 Å². The van der Waals surface area contributed by atoms with Crippen molar-refractivity contribution in [3.05, 3.63) is 54.3 Å². The van der Waals surface area contributed by atoms with Crippen LogP contribution >= 0.6 is 11.8 Å². The van der Waals surface area contributed by atoms with E-state index >= 15 is 0 Å². The van der Waals surface area contributed by atoms with Crippen LogP contribution in [0.15, 0.2) is 53.7 Å². The molecule has 0 saturated heterocycles. The number of benzene rings is 2. The van der Waals surface area contributed by atoms with E-state index in [9.17, 15) is 9.18 Å². The molecule has 0 radical (unpaired) electrons. The number of hydrogen-bond acceptors (Lipinski definition) is 6. The third-order valence-electron chi connectivity index (χ3n) is 4.16. The van der Waals surface area contributed by atoms with Crippen LogP contribution in [0.3, 0.4) is 0 Å². The van der Waals surface area contributed by atoms with Crippen LogP contribution in [0, 0.1) is 5.82 Å². The lowest BCUT2D eigenvalue weighted by Crippen LogP contribution is -2.22. The van der Waals surface area contributed by atoms with Crippen LogP contribution in [-0.2, 0) is 4.79 Å². The Hall–Kier alpha value is -2.94. The predicted molar refractivity (Wildman–Crippen MR) is 103 cm³/mol. The molecule has 0 bridgehead atoms. The molecule has 1 heterocycles. The normalized spacial score (nSPS) is 14.5. The molecule has 1 aliphatic rings. The lowest BCUT2D eigenvalue weighted by atomic mass is 10.3. The maximum atomic E-state index is 13.2. The molecule has 1 atom stereocenters. The van der Waals surface area contributed by atoms with Crippen LogP contribution < -0.4 is 10.1 Å². The third kappa shape index (κ3) is 4.48. The number of ether oxygens (including phenoxy) is 1. The van der Waals surface area contributed by atoms with E-state index < -0.39 is 0 Å². The minimum Gasteiger partial charge on any atom is -0.457 e. The molecule has 4 rings (SSSR count). The monoisotopic (exact) mass is 399 g/mol. The summed E-state index contributed by atoms with van der Waals surface area (Å²) in [7, 11) is 0. The second-order valence-electron chi connectivity index (χ2n) is 6.47. The van der Waals surface area contributed by atoms with Gasteiger partial charge in [0.15, 0.2) is 0 Å². The number of carbonyl (C=O) groups is 1. The summed E-state index contributed by atoms with van der Waals surface area (Å²) in [6.45, 7) is 1.81. The summed E-state index contributed by atoms with van der Waals surface area (Å²) in [6, 6.07) is 13.2. The number of rotatable bonds is 7. The van der Waals surface area contributed by atoms with Crippen molar-refractivity contribution in [3.8, 4) is 11.5 Å². The number of nitrogens with one attached hydrogen (secondary N) is 1. The van der Waals surface area contributed by atoms with Crippen molar-refractivity contribution in [2.45, 2.75) is 36.2 Å². The lowest BCUT2D eigenvalue weighted by molar-refractivity contribution is -0.115. The Morgan fingerprint density at radius 2 is 2.04 bits per heavy atom. The van der Waals surface area contributed by atoms with Gasteiger partial charge < -0.3 is 10.1 Å². The van der Waals surface area contributed by atoms with Gasteiger partial charge in [0.1, 0.15) is 17.3 Å². The average molecular weight is 399 g/mol. The fourth-order valence-electron chi connectivity index (χ4n) is 2.54. The van der Waals surface area contributed by atoms with E-state index in [4.69, 9.17) is 4.74 Å². The molecule has 1 N–H and O–H groups in total. The highest BCUT2D eigenvalue weighted by molar-refractivity contribution is 8.00. The maximum Gasteiger partial charge on any atom is 0.237 e. The molecule has 9 heteroatoms. The Morgan fingerprint density at radius 1 is 1.25 bits per heavy atom. The van der Waals surface area contributed by atoms with E-state index in [1.165, 1.54) is 23.9 Å². The zero-order valence-corrected chi connectivity index (χ0v) is 15.9. The molecule has 3 aromatic rings. The van der Waals surface area contributed by atoms with Gasteiger partial charge in [-0.15, -0.1) is 5.10 Å². The van der Waals surface area contributed by atoms with Crippen molar-refractivity contribution in [2.75, 3.05) is 5.32 Å². The molecule has 28 heavy (non-hydrogen) atoms. The minimum absolute atomic E-state index is 0.144. The van der Waals surface area contributed by atoms with Gasteiger partial charge in [0.25, 0.3) is 0 Å². The molecule has 1 aromatic heterocycles. The fraction of sp³-hybridized carbons (Fsp3) is 0.263. The highest BCUT2D eigenvalue weighted by Gasteiger charge is 2.29. The summed E-state index contributed by atoms with van der Waals surface area (Å²) in [5.41, 5.74) is 0.644. The van der Waals surface area contributed by atoms with E-state index in [1.54, 1.807) is 41.1 Å². The van der Waals surface area contributed by atoms with Gasteiger partial charge in [0.2, 0.25) is 11.1 Å². The predicted octanol–water partition coefficient (Wildman–Crippen LogP) is 4.06. The van der Waals surface area contributed by atoms with Crippen molar-refractivity contribution >= 4 is 23.4 Å². The maximum absolute atomic E-state index is 13.2. The number of anilines is 1. The lowest BCUT2D eigenvalue weighted by Gasteiger charge is -2.12. The van der Waals surface area contributed by atoms with E-state index in [0.29, 0.717) is 28.4 Å². The Morgan fingerprint density at radius 3 is 2.75 bits per heavy atom. The van der Waals surface area contributed by atoms with Gasteiger partial charge in [0.05, 0.1) is 11.3 Å². The SMILES string of the molecule is CC(Sc1nnnn1C1CC1)C(=O)Nc1ccc(Oc2cccc(F)c2)cc1. The van der Waals surface area contributed by atoms with Gasteiger partial charge in [-0.1, -0.05) is 17.8 Å². The standard InChI is InChI=1S/C19H18FN5O2S/c1-12(28-19-22-23-24-25(19)15-7-8-15)18(26)21-14-5-9-16(10-6-14)27-17-4-2-3-13(20)11-17/h2-6,9-12,15H,7-8H2,1H3,(H,21,26). The Labute approximate surface area is 165 Å². The van der Waals surface area contributed by atoms with Crippen molar-refractivity contribution in [2.24, 2.45) is 0 Å². The Kier molecular flexibility index (Phi) is 5.25. The first-order valence-electron chi connectivity index (χ1n) is 8.87. The number of thioether (sulfide) groups is 1. The second kappa shape index (κ2) is 7.97. The van der Waals surface area contributed by atoms with E-state index in [2.05, 4.69) is 20.8 Å². The van der Waals surface area contributed by atoms with E-state index in [1.807, 2.05) is 6.92 Å². The number of amides is 1. The summed E-state index contributed by atoms with van der Waals surface area (Å²) >= 11 is 1.33. The number of aromatic nitrogens is 4. The molecule has 144 valence electrons. The van der Waals surface area contributed by atoms with E-state index in [-0.39, 0.29) is 17.0 Å². The van der Waals surface area contributed by atoms with Gasteiger partial charge in [-0.05, 0) is 66.6 Å². The molecule has 1 amide bonds. The summed E-state index contributed by atoms with van der Waals surface area (Å²) in [4.78, 5) is 12.5. The Balaban J connectivity index is 1.34. The number of carbonyl (C=O) groups excluding carboxylic acids is 1. The number of halogens is 1. The third-order valence-corrected chi connectivity index (χ3v) is 5.21. The van der Waals surface area contributed by atoms with Crippen molar-refractivity contribution < 1.29 is 13.9 Å². The van der Waals surface area contributed by atoms with Crippen LogP contribution in [0.5, 0.6) is 11.5 Å². The van der Waals surface area contributed by atoms with Gasteiger partial charge in [0, 0.05) is 11.8 Å². The first-order chi connectivity index (χ1) is 13.6. The van der Waals surface area contributed by atoms with Crippen molar-refractivity contribution in [3.63, 3.8) is 0 Å². The molecular formula is C19H18FN5O2S. The number of nitrogens with zero attached hydrogens (tertiary/aromatic N) is 4. The molecule has 1 aliphatic carbocycles. The zero-order valence-electron chi connectivity index (χ0n) is 15.1. The highest BCUT2D eigenvalue weighted by Crippen LogP contribution is 2.37. The summed E-state index contributed by atoms with van der Waals surface area (Å²) in [5.74, 6) is 0.458. The van der Waals surface area contributed by atoms with Gasteiger partial charge in [-0.3, -0.25) is 4.79 Å². The molecule has 1 unspecified atom stereocenters. The summed E-state index contributed by atoms with van der Waals surface area (Å²) < 4.78 is 20.6. The minimum atomic E-state index is -0.361. The first-order valence-corrected chi connectivity index (χ1v) is 9.75.